The van der Waals surface area contributed by atoms with Crippen LogP contribution in [0.3, 0.4) is 0 Å². The molecule has 0 aromatic heterocycles. The number of ether oxygens (including phenoxy) is 1. The maximum absolute atomic E-state index is 11.7. The molecular formula is C17H24BrNO2. The summed E-state index contributed by atoms with van der Waals surface area (Å²) >= 11 is 3.54. The van der Waals surface area contributed by atoms with Crippen LogP contribution in [0.1, 0.15) is 55.8 Å². The molecule has 1 fully saturated rings. The minimum Gasteiger partial charge on any atom is -0.462 e. The van der Waals surface area contributed by atoms with Crippen LogP contribution in [0.2, 0.25) is 0 Å². The summed E-state index contributed by atoms with van der Waals surface area (Å²) in [6.07, 6.45) is 8.13. The number of benzene rings is 1. The number of carbonyl (C=O) groups is 1. The number of hydrogen-bond donors (Lipinski definition) is 1. The van der Waals surface area contributed by atoms with Gasteiger partial charge in [-0.2, -0.15) is 0 Å². The molecule has 1 aliphatic carbocycles. The average Bonchev–Trinajstić information content (AvgIpc) is 2.75. The van der Waals surface area contributed by atoms with E-state index in [4.69, 9.17) is 4.74 Å². The van der Waals surface area contributed by atoms with Crippen LogP contribution in [0.4, 0.5) is 5.69 Å². The Kier molecular flexibility index (Phi) is 6.55. The van der Waals surface area contributed by atoms with Gasteiger partial charge in [-0.1, -0.05) is 25.7 Å². The van der Waals surface area contributed by atoms with Crippen molar-refractivity contribution in [2.24, 2.45) is 5.92 Å². The fourth-order valence-electron chi connectivity index (χ4n) is 2.82. The van der Waals surface area contributed by atoms with Crippen molar-refractivity contribution < 1.29 is 9.53 Å². The van der Waals surface area contributed by atoms with Gasteiger partial charge in [0.2, 0.25) is 0 Å². The quantitative estimate of drug-likeness (QED) is 0.597. The van der Waals surface area contributed by atoms with Crippen LogP contribution in [-0.4, -0.2) is 19.1 Å². The molecule has 0 heterocycles. The topological polar surface area (TPSA) is 38.3 Å². The molecule has 1 aromatic carbocycles. The van der Waals surface area contributed by atoms with Crippen molar-refractivity contribution in [2.75, 3.05) is 18.5 Å². The van der Waals surface area contributed by atoms with Crippen LogP contribution in [0, 0.1) is 5.92 Å². The van der Waals surface area contributed by atoms with E-state index in [1.54, 1.807) is 0 Å². The van der Waals surface area contributed by atoms with Gasteiger partial charge in [-0.15, -0.1) is 0 Å². The lowest BCUT2D eigenvalue weighted by Gasteiger charge is -2.17. The van der Waals surface area contributed by atoms with Crippen molar-refractivity contribution in [1.82, 2.24) is 0 Å². The van der Waals surface area contributed by atoms with E-state index in [9.17, 15) is 4.79 Å². The molecule has 0 spiro atoms. The van der Waals surface area contributed by atoms with E-state index >= 15 is 0 Å². The number of rotatable bonds is 5. The van der Waals surface area contributed by atoms with Crippen molar-refractivity contribution in [3.8, 4) is 0 Å². The summed E-state index contributed by atoms with van der Waals surface area (Å²) in [5, 5.41) is 3.51. The first-order chi connectivity index (χ1) is 10.2. The summed E-state index contributed by atoms with van der Waals surface area (Å²) in [7, 11) is 0. The predicted octanol–water partition coefficient (Wildman–Crippen LogP) is 5.01. The van der Waals surface area contributed by atoms with Crippen LogP contribution in [0.5, 0.6) is 0 Å². The summed E-state index contributed by atoms with van der Waals surface area (Å²) in [4.78, 5) is 11.7. The van der Waals surface area contributed by atoms with Gasteiger partial charge in [0.05, 0.1) is 12.2 Å². The predicted molar refractivity (Wildman–Crippen MR) is 89.8 cm³/mol. The van der Waals surface area contributed by atoms with E-state index in [0.717, 1.165) is 22.6 Å². The van der Waals surface area contributed by atoms with Crippen LogP contribution >= 0.6 is 15.9 Å². The number of anilines is 1. The second-order valence-electron chi connectivity index (χ2n) is 5.65. The molecule has 1 aromatic rings. The largest absolute Gasteiger partial charge is 0.462 e. The van der Waals surface area contributed by atoms with E-state index in [2.05, 4.69) is 21.2 Å². The zero-order valence-electron chi connectivity index (χ0n) is 12.7. The summed E-state index contributed by atoms with van der Waals surface area (Å²) in [6.45, 7) is 3.23. The molecule has 0 aliphatic heterocycles. The number of esters is 1. The molecular weight excluding hydrogens is 330 g/mol. The van der Waals surface area contributed by atoms with Gasteiger partial charge in [-0.25, -0.2) is 4.79 Å². The maximum atomic E-state index is 11.7. The third-order valence-corrected chi connectivity index (χ3v) is 4.69. The molecule has 0 radical (unpaired) electrons. The zero-order chi connectivity index (χ0) is 15.1. The maximum Gasteiger partial charge on any atom is 0.338 e. The summed E-state index contributed by atoms with van der Waals surface area (Å²) in [5.41, 5.74) is 1.64. The minimum atomic E-state index is -0.270. The van der Waals surface area contributed by atoms with Crippen LogP contribution in [0.25, 0.3) is 0 Å². The van der Waals surface area contributed by atoms with Crippen molar-refractivity contribution in [3.05, 3.63) is 28.2 Å². The first-order valence-electron chi connectivity index (χ1n) is 7.91. The molecule has 0 bridgehead atoms. The van der Waals surface area contributed by atoms with Crippen molar-refractivity contribution >= 4 is 27.6 Å². The van der Waals surface area contributed by atoms with E-state index in [-0.39, 0.29) is 5.97 Å². The summed E-state index contributed by atoms with van der Waals surface area (Å²) in [6, 6.07) is 5.60. The molecule has 1 N–H and O–H groups in total. The number of nitrogens with one attached hydrogen (secondary N) is 1. The van der Waals surface area contributed by atoms with Crippen molar-refractivity contribution in [2.45, 2.75) is 45.4 Å². The molecule has 0 amide bonds. The van der Waals surface area contributed by atoms with E-state index in [1.165, 1.54) is 38.5 Å². The molecule has 21 heavy (non-hydrogen) atoms. The lowest BCUT2D eigenvalue weighted by molar-refractivity contribution is 0.0526. The first-order valence-corrected chi connectivity index (χ1v) is 8.70. The molecule has 3 nitrogen and oxygen atoms in total. The van der Waals surface area contributed by atoms with Crippen molar-refractivity contribution in [3.63, 3.8) is 0 Å². The monoisotopic (exact) mass is 353 g/mol. The molecule has 1 aliphatic rings. The van der Waals surface area contributed by atoms with Gasteiger partial charge in [0.25, 0.3) is 0 Å². The smallest absolute Gasteiger partial charge is 0.338 e. The summed E-state index contributed by atoms with van der Waals surface area (Å²) in [5.74, 6) is 0.498. The minimum absolute atomic E-state index is 0.270. The highest BCUT2D eigenvalue weighted by molar-refractivity contribution is 9.10. The Morgan fingerprint density at radius 1 is 1.29 bits per heavy atom. The fraction of sp³-hybridized carbons (Fsp3) is 0.588. The Morgan fingerprint density at radius 2 is 2.00 bits per heavy atom. The standard InChI is InChI=1S/C17H24BrNO2/c1-2-21-17(20)14-9-10-16(15(18)11-14)19-12-13-7-5-3-4-6-8-13/h9-11,13,19H,2-8,12H2,1H3. The number of halogens is 1. The van der Waals surface area contributed by atoms with E-state index in [1.807, 2.05) is 25.1 Å². The zero-order valence-corrected chi connectivity index (χ0v) is 14.2. The first kappa shape index (κ1) is 16.3. The highest BCUT2D eigenvalue weighted by Crippen LogP contribution is 2.27. The molecule has 0 unspecified atom stereocenters. The van der Waals surface area contributed by atoms with E-state index < -0.39 is 0 Å². The Balaban J connectivity index is 1.92. The Labute approximate surface area is 135 Å². The Morgan fingerprint density at radius 3 is 2.62 bits per heavy atom. The van der Waals surface area contributed by atoms with Gasteiger partial charge in [0.15, 0.2) is 0 Å². The molecule has 4 heteroatoms. The van der Waals surface area contributed by atoms with Crippen LogP contribution in [0.15, 0.2) is 22.7 Å². The summed E-state index contributed by atoms with van der Waals surface area (Å²) < 4.78 is 5.93. The fourth-order valence-corrected chi connectivity index (χ4v) is 3.34. The van der Waals surface area contributed by atoms with Gasteiger partial charge in [0.1, 0.15) is 0 Å². The van der Waals surface area contributed by atoms with E-state index in [0.29, 0.717) is 12.2 Å². The van der Waals surface area contributed by atoms with Gasteiger partial charge in [-0.3, -0.25) is 0 Å². The third-order valence-electron chi connectivity index (χ3n) is 4.04. The van der Waals surface area contributed by atoms with Gasteiger partial charge < -0.3 is 10.1 Å². The van der Waals surface area contributed by atoms with Crippen LogP contribution < -0.4 is 5.32 Å². The van der Waals surface area contributed by atoms with Crippen molar-refractivity contribution in [1.29, 1.82) is 0 Å². The van der Waals surface area contributed by atoms with Gasteiger partial charge in [-0.05, 0) is 59.8 Å². The lowest BCUT2D eigenvalue weighted by Crippen LogP contribution is -2.14. The highest BCUT2D eigenvalue weighted by Gasteiger charge is 2.13. The molecule has 0 atom stereocenters. The van der Waals surface area contributed by atoms with Gasteiger partial charge in [0, 0.05) is 16.7 Å². The number of carbonyl (C=O) groups excluding carboxylic acids is 1. The molecule has 1 saturated carbocycles. The lowest BCUT2D eigenvalue weighted by atomic mass is 10.0. The Bertz CT molecular complexity index is 468. The average molecular weight is 354 g/mol. The molecule has 2 rings (SSSR count). The second-order valence-corrected chi connectivity index (χ2v) is 6.51. The molecule has 0 saturated heterocycles. The highest BCUT2D eigenvalue weighted by atomic mass is 79.9. The van der Waals surface area contributed by atoms with Gasteiger partial charge >= 0.3 is 5.97 Å². The molecule has 116 valence electrons. The van der Waals surface area contributed by atoms with Crippen LogP contribution in [-0.2, 0) is 4.74 Å². The SMILES string of the molecule is CCOC(=O)c1ccc(NCC2CCCCCC2)c(Br)c1. The second kappa shape index (κ2) is 8.42. The number of hydrogen-bond acceptors (Lipinski definition) is 3. The Hall–Kier alpha value is -1.03. The third kappa shape index (κ3) is 5.03. The normalized spacial score (nSPS) is 16.3.